The molecule has 1 saturated carbocycles. The minimum atomic E-state index is -1.14. The normalized spacial score (nSPS) is 17.3. The molecule has 0 spiro atoms. The highest BCUT2D eigenvalue weighted by atomic mass is 79.9. The molecule has 1 aliphatic heterocycles. The molecule has 2 aliphatic carbocycles. The minimum Gasteiger partial charge on any atom is -0.472 e. The van der Waals surface area contributed by atoms with Crippen LogP contribution in [0.2, 0.25) is 0 Å². The molecule has 0 unspecified atom stereocenters. The quantitative estimate of drug-likeness (QED) is 0.0901. The smallest absolute Gasteiger partial charge is 0.178 e. The zero-order valence-corrected chi connectivity index (χ0v) is 42.6. The fourth-order valence-corrected chi connectivity index (χ4v) is 13.1. The van der Waals surface area contributed by atoms with Crippen LogP contribution in [-0.2, 0) is 17.4 Å². The van der Waals surface area contributed by atoms with Crippen molar-refractivity contribution < 1.29 is 18.3 Å². The molecule has 1 heterocycles. The van der Waals surface area contributed by atoms with Crippen LogP contribution in [0.5, 0.6) is 5.75 Å². The summed E-state index contributed by atoms with van der Waals surface area (Å²) >= 11 is 4.06. The Kier molecular flexibility index (Phi) is 12.5. The van der Waals surface area contributed by atoms with Gasteiger partial charge in [0, 0.05) is 43.9 Å². The average Bonchev–Trinajstić information content (AvgIpc) is 3.63. The number of fused-ring (bicyclic) bond motifs is 8. The number of Topliss-reactive ketones (excluding diaryl/α,β-unsaturated/α-hetero) is 1. The number of hydrogen-bond donors (Lipinski definition) is 0. The van der Waals surface area contributed by atoms with Crippen molar-refractivity contribution in [3.05, 3.63) is 224 Å². The number of aryl methyl sites for hydroxylation is 1. The van der Waals surface area contributed by atoms with Gasteiger partial charge in [-0.25, -0.2) is 8.78 Å². The molecule has 2 nitrogen and oxygen atoms in total. The lowest BCUT2D eigenvalue weighted by molar-refractivity contribution is 0.0993. The first-order valence-electron chi connectivity index (χ1n) is 25.6. The lowest BCUT2D eigenvalue weighted by Gasteiger charge is -2.38. The summed E-state index contributed by atoms with van der Waals surface area (Å²) in [6.45, 7) is 8.92. The second-order valence-electron chi connectivity index (χ2n) is 20.9. The predicted molar refractivity (Wildman–Crippen MR) is 291 cm³/mol. The van der Waals surface area contributed by atoms with Gasteiger partial charge in [-0.05, 0) is 154 Å². The van der Waals surface area contributed by atoms with E-state index in [2.05, 4.69) is 141 Å². The van der Waals surface area contributed by atoms with Crippen LogP contribution >= 0.6 is 15.9 Å². The highest BCUT2D eigenvalue weighted by molar-refractivity contribution is 9.10. The topological polar surface area (TPSA) is 26.3 Å². The van der Waals surface area contributed by atoms with E-state index < -0.39 is 11.0 Å². The van der Waals surface area contributed by atoms with Gasteiger partial charge in [0.25, 0.3) is 0 Å². The number of halogens is 3. The van der Waals surface area contributed by atoms with Crippen molar-refractivity contribution in [2.45, 2.75) is 102 Å². The summed E-state index contributed by atoms with van der Waals surface area (Å²) < 4.78 is 37.1. The third kappa shape index (κ3) is 8.69. The highest BCUT2D eigenvalue weighted by Crippen LogP contribution is 2.60. The standard InChI is InChI=1S/C66H59BrF2O2/c1-5-6-7-8-42-10-14-44(15-11-42)45-18-20-46(21-19-45)47-22-24-49(25-23-47)60(70)38-43-12-16-48(17-13-43)50-39-58-61-55-34-9-41(2)37-57(55)64-56(63(61)65(3,4)62(58)59(67)40-50)35-36-66(71-64,51-26-30-53(68)31-27-51)52-28-32-54(69)33-29-52/h9,12-13,16-37,39-40,42,44H,5-8,10-11,14-15,38H2,1-4H3. The van der Waals surface area contributed by atoms with E-state index in [0.717, 1.165) is 82.5 Å². The van der Waals surface area contributed by atoms with Gasteiger partial charge in [0.05, 0.1) is 0 Å². The summed E-state index contributed by atoms with van der Waals surface area (Å²) in [6, 6.07) is 49.5. The molecule has 0 saturated heterocycles. The zero-order valence-electron chi connectivity index (χ0n) is 41.1. The second kappa shape index (κ2) is 19.0. The Bertz CT molecular complexity index is 3280. The molecule has 0 N–H and O–H groups in total. The third-order valence-corrected chi connectivity index (χ3v) is 16.6. The fourth-order valence-electron chi connectivity index (χ4n) is 12.2. The van der Waals surface area contributed by atoms with E-state index in [0.29, 0.717) is 12.3 Å². The van der Waals surface area contributed by atoms with Gasteiger partial charge < -0.3 is 4.74 Å². The number of ketones is 1. The van der Waals surface area contributed by atoms with E-state index in [-0.39, 0.29) is 17.4 Å². The Morgan fingerprint density at radius 3 is 1.90 bits per heavy atom. The lowest BCUT2D eigenvalue weighted by Crippen LogP contribution is -2.35. The Hall–Kier alpha value is -6.43. The summed E-state index contributed by atoms with van der Waals surface area (Å²) in [6.07, 6.45) is 15.3. The number of rotatable bonds is 12. The number of unbranched alkanes of at least 4 members (excludes halogenated alkanes) is 2. The second-order valence-corrected chi connectivity index (χ2v) is 21.8. The average molecular weight is 1000 g/mol. The van der Waals surface area contributed by atoms with E-state index in [9.17, 15) is 13.6 Å². The molecule has 71 heavy (non-hydrogen) atoms. The third-order valence-electron chi connectivity index (χ3n) is 16.0. The van der Waals surface area contributed by atoms with E-state index in [4.69, 9.17) is 4.74 Å². The van der Waals surface area contributed by atoms with Crippen LogP contribution < -0.4 is 4.74 Å². The van der Waals surface area contributed by atoms with E-state index >= 15 is 0 Å². The summed E-state index contributed by atoms with van der Waals surface area (Å²) in [5.41, 5.74) is 14.3. The molecule has 8 aromatic carbocycles. The molecule has 0 atom stereocenters. The Morgan fingerprint density at radius 2 is 1.27 bits per heavy atom. The van der Waals surface area contributed by atoms with Gasteiger partial charge in [-0.3, -0.25) is 4.79 Å². The number of benzene rings is 8. The van der Waals surface area contributed by atoms with Crippen LogP contribution in [0, 0.1) is 24.5 Å². The van der Waals surface area contributed by atoms with Crippen LogP contribution in [0.4, 0.5) is 8.78 Å². The molecular formula is C66H59BrF2O2. The van der Waals surface area contributed by atoms with Crippen molar-refractivity contribution in [3.63, 3.8) is 0 Å². The number of carbonyl (C=O) groups is 1. The van der Waals surface area contributed by atoms with Gasteiger partial charge >= 0.3 is 0 Å². The number of carbonyl (C=O) groups excluding carboxylic acids is 1. The SMILES string of the molecule is CCCCCC1CCC(c2ccc(-c3ccc(C(=O)Cc4ccc(-c5cc(Br)c6c(c5)-c5c(c7c(c8cc(C)ccc58)OC(c5ccc(F)cc5)(c5ccc(F)cc5)C=C7)C6(C)C)cc4)cc3)cc2)CC1. The van der Waals surface area contributed by atoms with Crippen molar-refractivity contribution in [2.24, 2.45) is 5.92 Å². The van der Waals surface area contributed by atoms with Crippen LogP contribution in [0.1, 0.15) is 133 Å². The first-order valence-corrected chi connectivity index (χ1v) is 26.4. The summed E-state index contributed by atoms with van der Waals surface area (Å²) in [5.74, 6) is 1.74. The first-order chi connectivity index (χ1) is 34.4. The Morgan fingerprint density at radius 1 is 0.662 bits per heavy atom. The van der Waals surface area contributed by atoms with Crippen molar-refractivity contribution in [3.8, 4) is 39.1 Å². The van der Waals surface area contributed by atoms with E-state index in [1.165, 1.54) is 103 Å². The van der Waals surface area contributed by atoms with Gasteiger partial charge in [0.1, 0.15) is 17.4 Å². The van der Waals surface area contributed by atoms with Gasteiger partial charge in [0.2, 0.25) is 0 Å². The molecule has 0 aromatic heterocycles. The maximum Gasteiger partial charge on any atom is 0.178 e. The van der Waals surface area contributed by atoms with Crippen LogP contribution in [0.15, 0.2) is 162 Å². The lowest BCUT2D eigenvalue weighted by atomic mass is 9.76. The van der Waals surface area contributed by atoms with Gasteiger partial charge in [-0.15, -0.1) is 0 Å². The van der Waals surface area contributed by atoms with Crippen molar-refractivity contribution in [1.29, 1.82) is 0 Å². The van der Waals surface area contributed by atoms with Crippen LogP contribution in [0.3, 0.4) is 0 Å². The molecule has 1 fully saturated rings. The van der Waals surface area contributed by atoms with Crippen molar-refractivity contribution in [1.82, 2.24) is 0 Å². The molecule has 0 radical (unpaired) electrons. The summed E-state index contributed by atoms with van der Waals surface area (Å²) in [7, 11) is 0. The van der Waals surface area contributed by atoms with Crippen LogP contribution in [-0.4, -0.2) is 5.78 Å². The van der Waals surface area contributed by atoms with Crippen molar-refractivity contribution in [2.75, 3.05) is 0 Å². The Balaban J connectivity index is 0.847. The largest absolute Gasteiger partial charge is 0.472 e. The fraction of sp³-hybridized carbons (Fsp3) is 0.258. The Labute approximate surface area is 426 Å². The number of hydrogen-bond acceptors (Lipinski definition) is 2. The zero-order chi connectivity index (χ0) is 49.0. The van der Waals surface area contributed by atoms with Crippen molar-refractivity contribution >= 4 is 38.6 Å². The molecule has 356 valence electrons. The first kappa shape index (κ1) is 46.9. The van der Waals surface area contributed by atoms with Crippen LogP contribution in [0.25, 0.3) is 50.2 Å². The molecule has 8 aromatic rings. The van der Waals surface area contributed by atoms with E-state index in [1.54, 1.807) is 24.3 Å². The van der Waals surface area contributed by atoms with Gasteiger partial charge in [-0.1, -0.05) is 183 Å². The molecule has 5 heteroatoms. The molecule has 0 amide bonds. The van der Waals surface area contributed by atoms with Gasteiger partial charge in [-0.2, -0.15) is 0 Å². The maximum absolute atomic E-state index is 14.4. The monoisotopic (exact) mass is 1000 g/mol. The summed E-state index contributed by atoms with van der Waals surface area (Å²) in [5, 5.41) is 2.04. The number of ether oxygens (including phenoxy) is 1. The van der Waals surface area contributed by atoms with E-state index in [1.807, 2.05) is 18.2 Å². The highest BCUT2D eigenvalue weighted by Gasteiger charge is 2.45. The molecule has 3 aliphatic rings. The minimum absolute atomic E-state index is 0.0973. The summed E-state index contributed by atoms with van der Waals surface area (Å²) in [4.78, 5) is 13.7. The molecule has 11 rings (SSSR count). The predicted octanol–water partition coefficient (Wildman–Crippen LogP) is 18.5. The molecule has 0 bridgehead atoms. The molecular weight excluding hydrogens is 943 g/mol. The van der Waals surface area contributed by atoms with Gasteiger partial charge in [0.15, 0.2) is 11.4 Å². The maximum atomic E-state index is 14.4.